The van der Waals surface area contributed by atoms with Crippen molar-refractivity contribution < 1.29 is 23.9 Å². The highest BCUT2D eigenvalue weighted by atomic mass is 35.5. The van der Waals surface area contributed by atoms with Gasteiger partial charge in [0.05, 0.1) is 20.6 Å². The van der Waals surface area contributed by atoms with Crippen LogP contribution < -0.4 is 5.32 Å². The average Bonchev–Trinajstić information content (AvgIpc) is 2.53. The summed E-state index contributed by atoms with van der Waals surface area (Å²) in [6.07, 6.45) is -0.0148. The Kier molecular flexibility index (Phi) is 7.85. The topological polar surface area (TPSA) is 81.7 Å². The van der Waals surface area contributed by atoms with Crippen molar-refractivity contribution in [3.63, 3.8) is 0 Å². The van der Waals surface area contributed by atoms with Crippen molar-refractivity contribution in [3.05, 3.63) is 33.8 Å². The maximum absolute atomic E-state index is 11.8. The van der Waals surface area contributed by atoms with E-state index in [-0.39, 0.29) is 19.3 Å². The molecule has 0 fully saturated rings. The number of hydrogen-bond donors (Lipinski definition) is 1. The average molecular weight is 362 g/mol. The molecule has 6 nitrogen and oxygen atoms in total. The second-order valence-corrected chi connectivity index (χ2v) is 5.50. The van der Waals surface area contributed by atoms with Crippen molar-refractivity contribution in [2.75, 3.05) is 14.2 Å². The van der Waals surface area contributed by atoms with Gasteiger partial charge in [0, 0.05) is 22.9 Å². The Morgan fingerprint density at radius 3 is 2.39 bits per heavy atom. The van der Waals surface area contributed by atoms with Crippen molar-refractivity contribution >= 4 is 41.0 Å². The molecule has 1 N–H and O–H groups in total. The van der Waals surface area contributed by atoms with E-state index in [0.717, 1.165) is 0 Å². The Morgan fingerprint density at radius 2 is 1.83 bits per heavy atom. The molecule has 0 aliphatic rings. The first-order valence-electron chi connectivity index (χ1n) is 6.75. The monoisotopic (exact) mass is 361 g/mol. The number of amides is 1. The number of carbonyl (C=O) groups is 3. The first kappa shape index (κ1) is 19.3. The van der Waals surface area contributed by atoms with Gasteiger partial charge in [-0.3, -0.25) is 9.59 Å². The quantitative estimate of drug-likeness (QED) is 0.752. The van der Waals surface area contributed by atoms with Crippen LogP contribution in [0, 0.1) is 0 Å². The van der Waals surface area contributed by atoms with Crippen molar-refractivity contribution in [1.82, 2.24) is 5.32 Å². The third-order valence-corrected chi connectivity index (χ3v) is 3.63. The zero-order valence-electron chi connectivity index (χ0n) is 12.7. The van der Waals surface area contributed by atoms with Crippen LogP contribution in [0.4, 0.5) is 0 Å². The van der Waals surface area contributed by atoms with E-state index in [1.165, 1.54) is 14.2 Å². The lowest BCUT2D eigenvalue weighted by Gasteiger charge is -2.17. The molecule has 1 aromatic carbocycles. The van der Waals surface area contributed by atoms with Crippen LogP contribution in [0.25, 0.3) is 0 Å². The summed E-state index contributed by atoms with van der Waals surface area (Å²) in [5.74, 6) is -1.58. The number of benzene rings is 1. The maximum Gasteiger partial charge on any atom is 0.328 e. The number of esters is 2. The summed E-state index contributed by atoms with van der Waals surface area (Å²) >= 11 is 11.9. The van der Waals surface area contributed by atoms with Gasteiger partial charge in [-0.15, -0.1) is 0 Å². The van der Waals surface area contributed by atoms with E-state index in [9.17, 15) is 14.4 Å². The highest BCUT2D eigenvalue weighted by Crippen LogP contribution is 2.22. The Hall–Kier alpha value is -1.79. The molecule has 0 heterocycles. The lowest BCUT2D eigenvalue weighted by atomic mass is 10.1. The smallest absolute Gasteiger partial charge is 0.328 e. The molecule has 1 atom stereocenters. The summed E-state index contributed by atoms with van der Waals surface area (Å²) in [6, 6.07) is 3.94. The first-order valence-corrected chi connectivity index (χ1v) is 7.51. The summed E-state index contributed by atoms with van der Waals surface area (Å²) < 4.78 is 9.14. The minimum atomic E-state index is -0.913. The molecule has 0 spiro atoms. The lowest BCUT2D eigenvalue weighted by molar-refractivity contribution is -0.145. The van der Waals surface area contributed by atoms with Gasteiger partial charge in [0.1, 0.15) is 6.04 Å². The molecule has 0 radical (unpaired) electrons. The van der Waals surface area contributed by atoms with Crippen LogP contribution >= 0.6 is 23.2 Å². The van der Waals surface area contributed by atoms with E-state index in [1.54, 1.807) is 18.2 Å². The maximum atomic E-state index is 11.8. The van der Waals surface area contributed by atoms with Gasteiger partial charge in [-0.1, -0.05) is 29.3 Å². The van der Waals surface area contributed by atoms with Crippen molar-refractivity contribution in [2.24, 2.45) is 0 Å². The third-order valence-electron chi connectivity index (χ3n) is 3.04. The van der Waals surface area contributed by atoms with Gasteiger partial charge in [-0.25, -0.2) is 4.79 Å². The molecule has 0 saturated carbocycles. The van der Waals surface area contributed by atoms with E-state index in [2.05, 4.69) is 14.8 Å². The number of hydrogen-bond acceptors (Lipinski definition) is 5. The minimum Gasteiger partial charge on any atom is -0.469 e. The van der Waals surface area contributed by atoms with Crippen LogP contribution in [0.1, 0.15) is 18.4 Å². The number of methoxy groups -OCH3 is 2. The molecular weight excluding hydrogens is 345 g/mol. The zero-order chi connectivity index (χ0) is 17.4. The molecule has 1 aromatic rings. The Morgan fingerprint density at radius 1 is 1.13 bits per heavy atom. The fourth-order valence-corrected chi connectivity index (χ4v) is 2.31. The van der Waals surface area contributed by atoms with E-state index in [0.29, 0.717) is 15.6 Å². The van der Waals surface area contributed by atoms with Gasteiger partial charge < -0.3 is 14.8 Å². The molecule has 0 bridgehead atoms. The summed E-state index contributed by atoms with van der Waals surface area (Å²) in [4.78, 5) is 34.7. The molecule has 0 aromatic heterocycles. The highest BCUT2D eigenvalue weighted by Gasteiger charge is 2.23. The molecule has 0 unspecified atom stereocenters. The van der Waals surface area contributed by atoms with E-state index in [1.807, 2.05) is 0 Å². The number of rotatable bonds is 7. The van der Waals surface area contributed by atoms with Crippen molar-refractivity contribution in [2.45, 2.75) is 25.3 Å². The summed E-state index contributed by atoms with van der Waals surface area (Å²) in [6.45, 7) is 0. The van der Waals surface area contributed by atoms with Gasteiger partial charge in [-0.2, -0.15) is 0 Å². The first-order chi connectivity index (χ1) is 10.9. The van der Waals surface area contributed by atoms with E-state index < -0.39 is 23.9 Å². The van der Waals surface area contributed by atoms with Crippen LogP contribution in [0.2, 0.25) is 10.0 Å². The number of carbonyl (C=O) groups excluding carboxylic acids is 3. The molecule has 0 aliphatic carbocycles. The summed E-state index contributed by atoms with van der Waals surface area (Å²) in [5, 5.41) is 3.38. The van der Waals surface area contributed by atoms with E-state index >= 15 is 0 Å². The van der Waals surface area contributed by atoms with Crippen LogP contribution in [0.3, 0.4) is 0 Å². The Balaban J connectivity index is 2.74. The fraction of sp³-hybridized carbons (Fsp3) is 0.400. The number of nitrogens with one attached hydrogen (secondary N) is 1. The SMILES string of the molecule is COC(=O)CCC(=O)N[C@H](Cc1ccc(Cl)cc1Cl)C(=O)OC. The predicted molar refractivity (Wildman–Crippen MR) is 85.4 cm³/mol. The Labute approximate surface area is 144 Å². The normalized spacial score (nSPS) is 11.5. The van der Waals surface area contributed by atoms with Gasteiger partial charge in [0.15, 0.2) is 0 Å². The third kappa shape index (κ3) is 6.46. The molecule has 126 valence electrons. The summed E-state index contributed by atoms with van der Waals surface area (Å²) in [5.41, 5.74) is 0.639. The summed E-state index contributed by atoms with van der Waals surface area (Å²) in [7, 11) is 2.46. The van der Waals surface area contributed by atoms with Crippen LogP contribution in [-0.4, -0.2) is 38.1 Å². The largest absolute Gasteiger partial charge is 0.469 e. The van der Waals surface area contributed by atoms with Gasteiger partial charge in [-0.05, 0) is 17.7 Å². The standard InChI is InChI=1S/C15H17Cl2NO5/c1-22-14(20)6-5-13(19)18-12(15(21)23-2)7-9-3-4-10(16)8-11(9)17/h3-4,8,12H,5-7H2,1-2H3,(H,18,19)/t12-/m1/s1. The number of ether oxygens (including phenoxy) is 2. The molecule has 0 saturated heterocycles. The molecule has 1 amide bonds. The zero-order valence-corrected chi connectivity index (χ0v) is 14.2. The van der Waals surface area contributed by atoms with Gasteiger partial charge in [0.2, 0.25) is 5.91 Å². The second kappa shape index (κ2) is 9.37. The van der Waals surface area contributed by atoms with Crippen molar-refractivity contribution in [3.8, 4) is 0 Å². The van der Waals surface area contributed by atoms with Gasteiger partial charge in [0.25, 0.3) is 0 Å². The molecule has 0 aliphatic heterocycles. The molecule has 1 rings (SSSR count). The van der Waals surface area contributed by atoms with E-state index in [4.69, 9.17) is 23.2 Å². The van der Waals surface area contributed by atoms with Crippen LogP contribution in [-0.2, 0) is 30.3 Å². The number of halogens is 2. The lowest BCUT2D eigenvalue weighted by Crippen LogP contribution is -2.43. The molecule has 23 heavy (non-hydrogen) atoms. The van der Waals surface area contributed by atoms with Crippen LogP contribution in [0.15, 0.2) is 18.2 Å². The fourth-order valence-electron chi connectivity index (χ4n) is 1.83. The highest BCUT2D eigenvalue weighted by molar-refractivity contribution is 6.35. The Bertz CT molecular complexity index is 591. The second-order valence-electron chi connectivity index (χ2n) is 4.66. The minimum absolute atomic E-state index is 0.0715. The molecular formula is C15H17Cl2NO5. The van der Waals surface area contributed by atoms with Gasteiger partial charge >= 0.3 is 11.9 Å². The van der Waals surface area contributed by atoms with Crippen molar-refractivity contribution in [1.29, 1.82) is 0 Å². The van der Waals surface area contributed by atoms with Crippen LogP contribution in [0.5, 0.6) is 0 Å². The molecule has 8 heteroatoms. The predicted octanol–water partition coefficient (Wildman–Crippen LogP) is 2.15.